The van der Waals surface area contributed by atoms with Crippen LogP contribution in [0.1, 0.15) is 111 Å². The van der Waals surface area contributed by atoms with Gasteiger partial charge >= 0.3 is 17.1 Å². The van der Waals surface area contributed by atoms with Crippen LogP contribution in [0.3, 0.4) is 0 Å². The third-order valence-electron chi connectivity index (χ3n) is 19.5. The van der Waals surface area contributed by atoms with E-state index >= 15 is 0 Å². The second-order valence-electron chi connectivity index (χ2n) is 22.6. The van der Waals surface area contributed by atoms with Gasteiger partial charge in [0.25, 0.3) is 0 Å². The summed E-state index contributed by atoms with van der Waals surface area (Å²) in [6.45, 7) is 56.9. The van der Waals surface area contributed by atoms with Crippen LogP contribution in [-0.2, 0) is 57.5 Å². The molecule has 0 aliphatic carbocycles. The van der Waals surface area contributed by atoms with E-state index in [2.05, 4.69) is 151 Å². The van der Waals surface area contributed by atoms with E-state index < -0.39 is 60.1 Å². The normalized spacial score (nSPS) is 12.6. The molecule has 0 saturated heterocycles. The van der Waals surface area contributed by atoms with E-state index in [9.17, 15) is 51.9 Å². The summed E-state index contributed by atoms with van der Waals surface area (Å²) in [7, 11) is -20.1. The first-order chi connectivity index (χ1) is 43.2. The van der Waals surface area contributed by atoms with Crippen LogP contribution >= 0.6 is 0 Å². The number of aromatic nitrogens is 8. The van der Waals surface area contributed by atoms with Crippen LogP contribution in [0.5, 0.6) is 0 Å². The Labute approximate surface area is 561 Å². The minimum Gasteiger partial charge on any atom is -0.744 e. The van der Waals surface area contributed by atoms with Gasteiger partial charge < -0.3 is 66.0 Å². The zero-order chi connectivity index (χ0) is 69.0. The van der Waals surface area contributed by atoms with Gasteiger partial charge in [-0.3, -0.25) is 0 Å². The summed E-state index contributed by atoms with van der Waals surface area (Å²) < 4.78 is 150. The number of nitrogens with zero attached hydrogens (tertiary/aromatic N) is 12. The molecule has 0 saturated carbocycles. The van der Waals surface area contributed by atoms with E-state index in [1.807, 2.05) is 0 Å². The number of fused-ring (bicyclic) bond motifs is 20. The van der Waals surface area contributed by atoms with E-state index in [1.54, 1.807) is 0 Å². The molecule has 5 heterocycles. The standard InChI is InChI=1S/C32H16N8O12S4.4C8H20N.Cu/c41-53(42,43)13-1-5-17-21(9-13)29-33-25(17)37-30-22-10-14(54(44,45)46)2-6-18(22)27(34-30)39-32-24-12-16(56(50,51)52)4-8-20(24)28(36-32)40-31-23-11-15(55(47,48)49)3-7-19(23)26(35-31)38-29;4*1-5-9(6-2,7-3)8-4;/h1-12H,(H4-2,33,34,35,36,37,38,39,40,41,42,43,44,45,46,47,48,49,50,51,52);4*5-8H2,1-4H3;/q-2;4*+1;+2/p-4. The molecule has 7 aromatic rings. The van der Waals surface area contributed by atoms with Crippen LogP contribution in [0.4, 0.5) is 0 Å². The summed E-state index contributed by atoms with van der Waals surface area (Å²) in [4.78, 5) is 33.2. The monoisotopic (exact) mass is 1410 g/mol. The fraction of sp³-hybridized carbons (Fsp3) is 0.500. The Morgan fingerprint density at radius 1 is 0.280 bits per heavy atom. The Balaban J connectivity index is 0.000000405. The molecule has 0 unspecified atom stereocenters. The third-order valence-corrected chi connectivity index (χ3v) is 22.8. The molecule has 8 bridgehead atoms. The fourth-order valence-corrected chi connectivity index (χ4v) is 13.6. The third kappa shape index (κ3) is 18.4. The van der Waals surface area contributed by atoms with Gasteiger partial charge in [-0.1, -0.05) is 24.3 Å². The molecule has 3 aromatic heterocycles. The summed E-state index contributed by atoms with van der Waals surface area (Å²) in [5, 5.41) is 0.169. The van der Waals surface area contributed by atoms with Crippen LogP contribution in [-0.4, -0.2) is 204 Å². The number of rotatable bonds is 20. The number of hydrogen-bond acceptors (Lipinski definition) is 18. The van der Waals surface area contributed by atoms with Gasteiger partial charge in [0.15, 0.2) is 0 Å². The molecule has 0 amide bonds. The van der Waals surface area contributed by atoms with Crippen LogP contribution < -0.4 is 9.97 Å². The Morgan fingerprint density at radius 3 is 0.677 bits per heavy atom. The predicted molar refractivity (Wildman–Crippen MR) is 356 cm³/mol. The average Bonchev–Trinajstić information content (AvgIpc) is 1.61. The average molecular weight is 1410 g/mol. The summed E-state index contributed by atoms with van der Waals surface area (Å²) in [6, 6.07) is 12.8. The summed E-state index contributed by atoms with van der Waals surface area (Å²) in [5.41, 5.74) is -0.712. The quantitative estimate of drug-likeness (QED) is 0.0389. The van der Waals surface area contributed by atoms with Gasteiger partial charge in [0.1, 0.15) is 40.5 Å². The van der Waals surface area contributed by atoms with Gasteiger partial charge in [0.2, 0.25) is 0 Å². The minimum atomic E-state index is -5.02. The van der Waals surface area contributed by atoms with E-state index in [1.165, 1.54) is 147 Å². The molecule has 93 heavy (non-hydrogen) atoms. The van der Waals surface area contributed by atoms with Crippen LogP contribution in [0.2, 0.25) is 0 Å². The van der Waals surface area contributed by atoms with E-state index in [0.717, 1.165) is 48.5 Å². The van der Waals surface area contributed by atoms with E-state index in [0.29, 0.717) is 0 Å². The van der Waals surface area contributed by atoms with Crippen LogP contribution in [0, 0.1) is 0 Å². The minimum absolute atomic E-state index is 0. The first-order valence-corrected chi connectivity index (χ1v) is 37.4. The summed E-state index contributed by atoms with van der Waals surface area (Å²) in [5.74, 6) is -0.882. The smallest absolute Gasteiger partial charge is 0.744 e. The SMILES string of the molecule is CC[N+](CC)(CC)CC.CC[N+](CC)(CC)CC.CC[N+](CC)(CC)CC.CC[N+](CC)(CC)CC.O=S(=O)([O-])c1ccc2c(c1)-c1nc-2nc2[n-]c(nc3nc(nc4[n-]c(n1)c1ccc(S(=O)(=O)[O-])cc41)-c1ccc(S(=O)(=O)[O-])cc1-3)c1ccc(S(=O)(=O)[O-])cc21.[Cu+2]. The molecule has 4 aromatic carbocycles. The molecule has 9 rings (SSSR count). The first kappa shape index (κ1) is 79.7. The van der Waals surface area contributed by atoms with E-state index in [4.69, 9.17) is 0 Å². The van der Waals surface area contributed by atoms with Gasteiger partial charge in [-0.15, -0.1) is 0 Å². The van der Waals surface area contributed by atoms with Crippen molar-refractivity contribution in [1.82, 2.24) is 39.9 Å². The predicted octanol–water partition coefficient (Wildman–Crippen LogP) is 9.27. The van der Waals surface area contributed by atoms with Crippen molar-refractivity contribution in [2.75, 3.05) is 105 Å². The molecular weight excluding hydrogens is 1320 g/mol. The molecule has 0 N–H and O–H groups in total. The van der Waals surface area contributed by atoms with Gasteiger partial charge in [0, 0.05) is 44.8 Å². The Morgan fingerprint density at radius 2 is 0.473 bits per heavy atom. The molecule has 24 nitrogen and oxygen atoms in total. The fourth-order valence-electron chi connectivity index (χ4n) is 11.6. The maximum atomic E-state index is 12.0. The van der Waals surface area contributed by atoms with Gasteiger partial charge in [-0.05, 0) is 181 Å². The van der Waals surface area contributed by atoms with Crippen molar-refractivity contribution in [3.63, 3.8) is 0 Å². The van der Waals surface area contributed by atoms with Crippen LogP contribution in [0.25, 0.3) is 89.7 Å². The molecule has 515 valence electrons. The van der Waals surface area contributed by atoms with Gasteiger partial charge in [0.05, 0.1) is 148 Å². The van der Waals surface area contributed by atoms with Crippen molar-refractivity contribution in [2.24, 2.45) is 0 Å². The molecule has 1 radical (unpaired) electrons. The molecule has 2 aliphatic heterocycles. The Bertz CT molecular complexity index is 3990. The molecule has 0 atom stereocenters. The van der Waals surface area contributed by atoms with Crippen molar-refractivity contribution in [3.8, 4) is 45.6 Å². The largest absolute Gasteiger partial charge is 2.00 e. The number of quaternary nitrogens is 4. The molecular formula is C64H92CuN12O12S4. The maximum Gasteiger partial charge on any atom is 2.00 e. The van der Waals surface area contributed by atoms with E-state index in [-0.39, 0.29) is 107 Å². The summed E-state index contributed by atoms with van der Waals surface area (Å²) >= 11 is 0. The molecule has 2 aliphatic rings. The van der Waals surface area contributed by atoms with Crippen molar-refractivity contribution in [3.05, 3.63) is 72.8 Å². The molecule has 29 heteroatoms. The van der Waals surface area contributed by atoms with Crippen molar-refractivity contribution >= 4 is 84.6 Å². The zero-order valence-corrected chi connectivity index (χ0v) is 60.6. The van der Waals surface area contributed by atoms with Crippen molar-refractivity contribution in [1.29, 1.82) is 0 Å². The topological polar surface area (TPSA) is 334 Å². The second kappa shape index (κ2) is 32.8. The molecule has 0 fully saturated rings. The first-order valence-electron chi connectivity index (χ1n) is 31.7. The molecule has 0 spiro atoms. The maximum absolute atomic E-state index is 12.0. The van der Waals surface area contributed by atoms with Gasteiger partial charge in [-0.25, -0.2) is 43.6 Å². The second-order valence-corrected chi connectivity index (χ2v) is 28.1. The zero-order valence-electron chi connectivity index (χ0n) is 56.4. The van der Waals surface area contributed by atoms with Crippen molar-refractivity contribution in [2.45, 2.75) is 130 Å². The van der Waals surface area contributed by atoms with Crippen LogP contribution in [0.15, 0.2) is 92.4 Å². The summed E-state index contributed by atoms with van der Waals surface area (Å²) in [6.07, 6.45) is 0. The Kier molecular flexibility index (Phi) is 28.1. The van der Waals surface area contributed by atoms with Crippen molar-refractivity contribution < 1.29 is 86.9 Å². The number of hydrogen-bond donors (Lipinski definition) is 0. The Hall–Kier alpha value is -5.76. The number of benzene rings is 4. The van der Waals surface area contributed by atoms with Gasteiger partial charge in [-0.2, -0.15) is 0 Å².